The van der Waals surface area contributed by atoms with Crippen molar-refractivity contribution in [2.75, 3.05) is 0 Å². The Bertz CT molecular complexity index is 2910. The summed E-state index contributed by atoms with van der Waals surface area (Å²) < 4.78 is 6.46. The second-order valence-electron chi connectivity index (χ2n) is 12.8. The summed E-state index contributed by atoms with van der Waals surface area (Å²) in [6.07, 6.45) is 0. The highest BCUT2D eigenvalue weighted by atomic mass is 16.3. The van der Waals surface area contributed by atoms with Crippen LogP contribution >= 0.6 is 0 Å². The number of hydrogen-bond donors (Lipinski definition) is 0. The lowest BCUT2D eigenvalue weighted by Gasteiger charge is -2.10. The van der Waals surface area contributed by atoms with Crippen LogP contribution < -0.4 is 0 Å². The van der Waals surface area contributed by atoms with Gasteiger partial charge in [0.2, 0.25) is 0 Å². The summed E-state index contributed by atoms with van der Waals surface area (Å²) in [5.74, 6) is 1.83. The van der Waals surface area contributed by atoms with E-state index in [9.17, 15) is 0 Å². The van der Waals surface area contributed by atoms with Gasteiger partial charge in [-0.3, -0.25) is 0 Å². The van der Waals surface area contributed by atoms with Crippen molar-refractivity contribution in [1.29, 1.82) is 0 Å². The molecule has 0 aliphatic rings. The first-order chi connectivity index (χ1) is 25.2. The highest BCUT2D eigenvalue weighted by Gasteiger charge is 2.19. The Kier molecular flexibility index (Phi) is 6.78. The second-order valence-corrected chi connectivity index (χ2v) is 12.8. The molecule has 0 radical (unpaired) electrons. The van der Waals surface area contributed by atoms with Crippen molar-refractivity contribution in [3.8, 4) is 56.4 Å². The third-order valence-electron chi connectivity index (χ3n) is 9.71. The zero-order chi connectivity index (χ0) is 33.7. The molecule has 0 unspecified atom stereocenters. The van der Waals surface area contributed by atoms with E-state index in [0.29, 0.717) is 17.5 Å². The first-order valence-corrected chi connectivity index (χ1v) is 17.1. The van der Waals surface area contributed by atoms with E-state index in [-0.39, 0.29) is 0 Å². The number of benzene rings is 8. The average Bonchev–Trinajstić information content (AvgIpc) is 3.59. The first kappa shape index (κ1) is 29.0. The third-order valence-corrected chi connectivity index (χ3v) is 9.71. The normalized spacial score (nSPS) is 11.5. The van der Waals surface area contributed by atoms with Crippen molar-refractivity contribution in [2.24, 2.45) is 0 Å². The molecule has 51 heavy (non-hydrogen) atoms. The number of aromatic nitrogens is 3. The number of furan rings is 1. The molecular formula is C47H29N3O. The molecular weight excluding hydrogens is 623 g/mol. The molecule has 10 rings (SSSR count). The lowest BCUT2D eigenvalue weighted by Crippen LogP contribution is -2.00. The van der Waals surface area contributed by atoms with Crippen molar-refractivity contribution in [3.63, 3.8) is 0 Å². The number of fused-ring (bicyclic) bond motifs is 6. The molecule has 8 aromatic carbocycles. The van der Waals surface area contributed by atoms with Crippen LogP contribution in [-0.4, -0.2) is 15.0 Å². The van der Waals surface area contributed by atoms with Crippen LogP contribution in [0, 0.1) is 0 Å². The smallest absolute Gasteiger partial charge is 0.164 e. The van der Waals surface area contributed by atoms with Crippen LogP contribution in [0.3, 0.4) is 0 Å². The Morgan fingerprint density at radius 1 is 0.314 bits per heavy atom. The van der Waals surface area contributed by atoms with Gasteiger partial charge in [0.05, 0.1) is 0 Å². The van der Waals surface area contributed by atoms with Gasteiger partial charge < -0.3 is 4.42 Å². The standard InChI is InChI=1S/C47H29N3O/c1-3-11-30(12-4-1)34-16-9-17-37(27-34)46-48-45(33-14-5-2-6-15-33)49-47(50-46)39-19-10-20-43-44(39)41-29-36(25-26-42(41)51-43)35-24-23-32-22-21-31-13-7-8-18-38(31)40(32)28-35/h1-29H. The van der Waals surface area contributed by atoms with Gasteiger partial charge in [0.15, 0.2) is 17.5 Å². The van der Waals surface area contributed by atoms with Crippen molar-refractivity contribution in [1.82, 2.24) is 15.0 Å². The molecule has 0 fully saturated rings. The largest absolute Gasteiger partial charge is 0.456 e. The number of nitrogens with zero attached hydrogens (tertiary/aromatic N) is 3. The van der Waals surface area contributed by atoms with Crippen LogP contribution in [0.4, 0.5) is 0 Å². The summed E-state index contributed by atoms with van der Waals surface area (Å²) in [5.41, 5.74) is 8.88. The van der Waals surface area contributed by atoms with E-state index < -0.39 is 0 Å². The number of hydrogen-bond acceptors (Lipinski definition) is 4. The van der Waals surface area contributed by atoms with Crippen LogP contribution in [-0.2, 0) is 0 Å². The van der Waals surface area contributed by atoms with E-state index in [1.165, 1.54) is 21.5 Å². The van der Waals surface area contributed by atoms with Crippen LogP contribution in [0.5, 0.6) is 0 Å². The molecule has 0 N–H and O–H groups in total. The molecule has 0 bridgehead atoms. The molecule has 0 aliphatic heterocycles. The number of rotatable bonds is 5. The minimum Gasteiger partial charge on any atom is -0.456 e. The molecule has 0 aliphatic carbocycles. The maximum absolute atomic E-state index is 6.46. The highest BCUT2D eigenvalue weighted by Crippen LogP contribution is 2.39. The fourth-order valence-electron chi connectivity index (χ4n) is 7.18. The minimum absolute atomic E-state index is 0.597. The van der Waals surface area contributed by atoms with Gasteiger partial charge in [-0.25, -0.2) is 15.0 Å². The van der Waals surface area contributed by atoms with E-state index in [1.54, 1.807) is 0 Å². The van der Waals surface area contributed by atoms with Gasteiger partial charge in [-0.1, -0.05) is 146 Å². The van der Waals surface area contributed by atoms with Gasteiger partial charge in [0.1, 0.15) is 11.2 Å². The van der Waals surface area contributed by atoms with Crippen LogP contribution in [0.25, 0.3) is 99.9 Å². The molecule has 4 nitrogen and oxygen atoms in total. The molecule has 2 heterocycles. The predicted molar refractivity (Wildman–Crippen MR) is 209 cm³/mol. The first-order valence-electron chi connectivity index (χ1n) is 17.1. The van der Waals surface area contributed by atoms with E-state index >= 15 is 0 Å². The monoisotopic (exact) mass is 651 g/mol. The molecule has 4 heteroatoms. The quantitative estimate of drug-likeness (QED) is 0.174. The SMILES string of the molecule is c1ccc(-c2cccc(-c3nc(-c4ccccc4)nc(-c4cccc5oc6ccc(-c7ccc8ccc9ccccc9c8c7)cc6c45)n3)c2)cc1. The van der Waals surface area contributed by atoms with Gasteiger partial charge in [0.25, 0.3) is 0 Å². The van der Waals surface area contributed by atoms with Crippen molar-refractivity contribution >= 4 is 43.5 Å². The maximum Gasteiger partial charge on any atom is 0.164 e. The second kappa shape index (κ2) is 11.9. The summed E-state index contributed by atoms with van der Waals surface area (Å²) in [7, 11) is 0. The predicted octanol–water partition coefficient (Wildman–Crippen LogP) is 12.4. The summed E-state index contributed by atoms with van der Waals surface area (Å²) in [4.78, 5) is 15.3. The molecule has 0 spiro atoms. The van der Waals surface area contributed by atoms with Gasteiger partial charge in [0, 0.05) is 27.5 Å². The summed E-state index contributed by atoms with van der Waals surface area (Å²) in [6.45, 7) is 0. The lowest BCUT2D eigenvalue weighted by molar-refractivity contribution is 0.669. The molecule has 0 saturated heterocycles. The van der Waals surface area contributed by atoms with Gasteiger partial charge in [-0.05, 0) is 74.1 Å². The van der Waals surface area contributed by atoms with Crippen molar-refractivity contribution < 1.29 is 4.42 Å². The van der Waals surface area contributed by atoms with Gasteiger partial charge >= 0.3 is 0 Å². The summed E-state index contributed by atoms with van der Waals surface area (Å²) in [5, 5.41) is 6.96. The molecule has 238 valence electrons. The van der Waals surface area contributed by atoms with Gasteiger partial charge in [-0.15, -0.1) is 0 Å². The third kappa shape index (κ3) is 5.13. The zero-order valence-corrected chi connectivity index (χ0v) is 27.5. The van der Waals surface area contributed by atoms with Crippen LogP contribution in [0.1, 0.15) is 0 Å². The molecule has 2 aromatic heterocycles. The Morgan fingerprint density at radius 2 is 0.882 bits per heavy atom. The van der Waals surface area contributed by atoms with Crippen molar-refractivity contribution in [2.45, 2.75) is 0 Å². The highest BCUT2D eigenvalue weighted by molar-refractivity contribution is 6.13. The molecule has 0 atom stereocenters. The Morgan fingerprint density at radius 3 is 1.71 bits per heavy atom. The zero-order valence-electron chi connectivity index (χ0n) is 27.5. The fourth-order valence-corrected chi connectivity index (χ4v) is 7.18. The Labute approximate surface area is 294 Å². The Hall–Kier alpha value is -6.91. The van der Waals surface area contributed by atoms with E-state index in [0.717, 1.165) is 60.9 Å². The van der Waals surface area contributed by atoms with E-state index in [4.69, 9.17) is 19.4 Å². The van der Waals surface area contributed by atoms with E-state index in [1.807, 2.05) is 48.5 Å². The van der Waals surface area contributed by atoms with Gasteiger partial charge in [-0.2, -0.15) is 0 Å². The molecule has 0 amide bonds. The average molecular weight is 652 g/mol. The topological polar surface area (TPSA) is 51.8 Å². The minimum atomic E-state index is 0.597. The van der Waals surface area contributed by atoms with Crippen LogP contribution in [0.2, 0.25) is 0 Å². The molecule has 0 saturated carbocycles. The lowest BCUT2D eigenvalue weighted by atomic mass is 9.96. The summed E-state index contributed by atoms with van der Waals surface area (Å²) in [6, 6.07) is 61.1. The maximum atomic E-state index is 6.46. The van der Waals surface area contributed by atoms with Crippen LogP contribution in [0.15, 0.2) is 180 Å². The van der Waals surface area contributed by atoms with E-state index in [2.05, 4.69) is 127 Å². The summed E-state index contributed by atoms with van der Waals surface area (Å²) >= 11 is 0. The Balaban J connectivity index is 1.16. The van der Waals surface area contributed by atoms with Crippen molar-refractivity contribution in [3.05, 3.63) is 176 Å². The fraction of sp³-hybridized carbons (Fsp3) is 0. The molecule has 10 aromatic rings.